The number of nitrogens with zero attached hydrogens (tertiary/aromatic N) is 2. The first-order valence-corrected chi connectivity index (χ1v) is 6.54. The molecule has 5 heteroatoms. The molecule has 0 aliphatic rings. The molecule has 0 aromatic carbocycles. The van der Waals surface area contributed by atoms with Crippen molar-refractivity contribution < 1.29 is 4.74 Å². The van der Waals surface area contributed by atoms with Gasteiger partial charge in [-0.2, -0.15) is 0 Å². The number of hydrogen-bond donors (Lipinski definition) is 2. The number of nitrogens with one attached hydrogen (secondary N) is 2. The normalized spacial score (nSPS) is 12.2. The molecule has 0 bridgehead atoms. The van der Waals surface area contributed by atoms with Gasteiger partial charge in [-0.15, -0.1) is 0 Å². The highest BCUT2D eigenvalue weighted by Crippen LogP contribution is 2.14. The lowest BCUT2D eigenvalue weighted by Crippen LogP contribution is -2.25. The summed E-state index contributed by atoms with van der Waals surface area (Å²) in [5.74, 6) is 2.55. The third-order valence-corrected chi connectivity index (χ3v) is 2.70. The average Bonchev–Trinajstić information content (AvgIpc) is 2.38. The summed E-state index contributed by atoms with van der Waals surface area (Å²) >= 11 is 0. The largest absolute Gasteiger partial charge is 0.383 e. The highest BCUT2D eigenvalue weighted by Gasteiger charge is 2.09. The highest BCUT2D eigenvalue weighted by molar-refractivity contribution is 5.47. The Bertz CT molecular complexity index is 329. The van der Waals surface area contributed by atoms with Crippen LogP contribution in [0.15, 0.2) is 6.07 Å². The first-order valence-electron chi connectivity index (χ1n) is 6.54. The molecule has 102 valence electrons. The van der Waals surface area contributed by atoms with Gasteiger partial charge in [0.1, 0.15) is 17.5 Å². The molecule has 2 N–H and O–H groups in total. The number of hydrogen-bond acceptors (Lipinski definition) is 5. The molecule has 0 aliphatic carbocycles. The molecular weight excluding hydrogens is 228 g/mol. The molecule has 0 amide bonds. The third-order valence-electron chi connectivity index (χ3n) is 2.70. The van der Waals surface area contributed by atoms with Crippen molar-refractivity contribution in [2.75, 3.05) is 31.4 Å². The summed E-state index contributed by atoms with van der Waals surface area (Å²) in [5, 5.41) is 6.47. The number of ether oxygens (including phenoxy) is 1. The van der Waals surface area contributed by atoms with Crippen molar-refractivity contribution in [1.82, 2.24) is 9.97 Å². The minimum Gasteiger partial charge on any atom is -0.383 e. The monoisotopic (exact) mass is 252 g/mol. The Morgan fingerprint density at radius 2 is 2.00 bits per heavy atom. The second-order valence-electron chi connectivity index (χ2n) is 4.24. The smallest absolute Gasteiger partial charge is 0.132 e. The first-order chi connectivity index (χ1) is 8.73. The molecule has 0 radical (unpaired) electrons. The van der Waals surface area contributed by atoms with Crippen LogP contribution in [0.2, 0.25) is 0 Å². The van der Waals surface area contributed by atoms with Crippen molar-refractivity contribution in [1.29, 1.82) is 0 Å². The van der Waals surface area contributed by atoms with Crippen LogP contribution in [0.3, 0.4) is 0 Å². The van der Waals surface area contributed by atoms with E-state index in [1.165, 1.54) is 0 Å². The van der Waals surface area contributed by atoms with E-state index in [0.29, 0.717) is 12.6 Å². The molecule has 1 rings (SSSR count). The van der Waals surface area contributed by atoms with Gasteiger partial charge in [-0.1, -0.05) is 20.3 Å². The average molecular weight is 252 g/mol. The first kappa shape index (κ1) is 14.7. The van der Waals surface area contributed by atoms with Crippen LogP contribution in [0.1, 0.15) is 32.5 Å². The van der Waals surface area contributed by atoms with Crippen LogP contribution >= 0.6 is 0 Å². The van der Waals surface area contributed by atoms with Crippen LogP contribution in [0.25, 0.3) is 0 Å². The van der Waals surface area contributed by atoms with Gasteiger partial charge in [0, 0.05) is 26.6 Å². The minimum absolute atomic E-state index is 0.296. The zero-order valence-corrected chi connectivity index (χ0v) is 11.8. The maximum atomic E-state index is 5.22. The predicted octanol–water partition coefficient (Wildman–Crippen LogP) is 2.31. The van der Waals surface area contributed by atoms with Crippen molar-refractivity contribution in [3.05, 3.63) is 11.9 Å². The Morgan fingerprint density at radius 1 is 1.28 bits per heavy atom. The van der Waals surface area contributed by atoms with Gasteiger partial charge in [-0.05, 0) is 6.42 Å². The summed E-state index contributed by atoms with van der Waals surface area (Å²) < 4.78 is 5.22. The summed E-state index contributed by atoms with van der Waals surface area (Å²) in [7, 11) is 3.59. The molecule has 1 unspecified atom stereocenters. The standard InChI is InChI=1S/C13H24N4O/c1-5-7-10(9-18-4)15-13-8-12(14-3)16-11(6-2)17-13/h8,10H,5-7,9H2,1-4H3,(H2,14,15,16,17). The topological polar surface area (TPSA) is 59.1 Å². The molecule has 1 aromatic heterocycles. The van der Waals surface area contributed by atoms with Gasteiger partial charge in [0.2, 0.25) is 0 Å². The Morgan fingerprint density at radius 3 is 2.56 bits per heavy atom. The van der Waals surface area contributed by atoms with Gasteiger partial charge < -0.3 is 15.4 Å². The lowest BCUT2D eigenvalue weighted by molar-refractivity contribution is 0.182. The van der Waals surface area contributed by atoms with Gasteiger partial charge in [-0.3, -0.25) is 0 Å². The van der Waals surface area contributed by atoms with Gasteiger partial charge >= 0.3 is 0 Å². The summed E-state index contributed by atoms with van der Waals surface area (Å²) in [6, 6.07) is 2.22. The maximum absolute atomic E-state index is 5.22. The van der Waals surface area contributed by atoms with E-state index < -0.39 is 0 Å². The van der Waals surface area contributed by atoms with Crippen molar-refractivity contribution in [2.24, 2.45) is 0 Å². The molecule has 18 heavy (non-hydrogen) atoms. The van der Waals surface area contributed by atoms with Crippen LogP contribution < -0.4 is 10.6 Å². The summed E-state index contributed by atoms with van der Waals surface area (Å²) in [4.78, 5) is 8.86. The van der Waals surface area contributed by atoms with E-state index in [-0.39, 0.29) is 0 Å². The molecule has 1 heterocycles. The van der Waals surface area contributed by atoms with E-state index in [0.717, 1.165) is 36.7 Å². The number of anilines is 2. The zero-order valence-electron chi connectivity index (χ0n) is 11.8. The molecule has 0 saturated carbocycles. The summed E-state index contributed by atoms with van der Waals surface area (Å²) in [6.45, 7) is 4.91. The molecule has 1 atom stereocenters. The van der Waals surface area contributed by atoms with Gasteiger partial charge in [0.15, 0.2) is 0 Å². The fourth-order valence-corrected chi connectivity index (χ4v) is 1.81. The van der Waals surface area contributed by atoms with E-state index >= 15 is 0 Å². The summed E-state index contributed by atoms with van der Waals surface area (Å²) in [5.41, 5.74) is 0. The second-order valence-corrected chi connectivity index (χ2v) is 4.24. The Hall–Kier alpha value is -1.36. The predicted molar refractivity (Wildman–Crippen MR) is 75.2 cm³/mol. The minimum atomic E-state index is 0.296. The van der Waals surface area contributed by atoms with E-state index in [9.17, 15) is 0 Å². The lowest BCUT2D eigenvalue weighted by atomic mass is 10.2. The van der Waals surface area contributed by atoms with Crippen LogP contribution in [-0.4, -0.2) is 36.8 Å². The fourth-order valence-electron chi connectivity index (χ4n) is 1.81. The molecular formula is C13H24N4O. The van der Waals surface area contributed by atoms with Crippen LogP contribution in [0.5, 0.6) is 0 Å². The summed E-state index contributed by atoms with van der Waals surface area (Å²) in [6.07, 6.45) is 3.01. The van der Waals surface area contributed by atoms with Crippen molar-refractivity contribution in [3.63, 3.8) is 0 Å². The van der Waals surface area contributed by atoms with Gasteiger partial charge in [-0.25, -0.2) is 9.97 Å². The second kappa shape index (κ2) is 7.87. The number of aryl methyl sites for hydroxylation is 1. The Kier molecular flexibility index (Phi) is 6.43. The Labute approximate surface area is 109 Å². The van der Waals surface area contributed by atoms with E-state index in [4.69, 9.17) is 4.74 Å². The fraction of sp³-hybridized carbons (Fsp3) is 0.692. The van der Waals surface area contributed by atoms with Gasteiger partial charge in [0.25, 0.3) is 0 Å². The van der Waals surface area contributed by atoms with Crippen LogP contribution in [0, 0.1) is 0 Å². The molecule has 0 spiro atoms. The Balaban J connectivity index is 2.80. The van der Waals surface area contributed by atoms with Gasteiger partial charge in [0.05, 0.1) is 12.6 Å². The maximum Gasteiger partial charge on any atom is 0.132 e. The van der Waals surface area contributed by atoms with Crippen LogP contribution in [0.4, 0.5) is 11.6 Å². The third kappa shape index (κ3) is 4.49. The highest BCUT2D eigenvalue weighted by atomic mass is 16.5. The zero-order chi connectivity index (χ0) is 13.4. The molecule has 0 aliphatic heterocycles. The van der Waals surface area contributed by atoms with Crippen molar-refractivity contribution >= 4 is 11.6 Å². The van der Waals surface area contributed by atoms with E-state index in [2.05, 4.69) is 34.4 Å². The molecule has 5 nitrogen and oxygen atoms in total. The SMILES string of the molecule is CCCC(COC)Nc1cc(NC)nc(CC)n1. The molecule has 0 saturated heterocycles. The number of methoxy groups -OCH3 is 1. The van der Waals surface area contributed by atoms with E-state index in [1.54, 1.807) is 7.11 Å². The number of rotatable bonds is 8. The number of aromatic nitrogens is 2. The van der Waals surface area contributed by atoms with Crippen molar-refractivity contribution in [2.45, 2.75) is 39.2 Å². The molecule has 1 aromatic rings. The van der Waals surface area contributed by atoms with Crippen LogP contribution in [-0.2, 0) is 11.2 Å². The quantitative estimate of drug-likeness (QED) is 0.743. The lowest BCUT2D eigenvalue weighted by Gasteiger charge is -2.18. The van der Waals surface area contributed by atoms with Crippen molar-refractivity contribution in [3.8, 4) is 0 Å². The van der Waals surface area contributed by atoms with E-state index in [1.807, 2.05) is 13.1 Å². The molecule has 0 fully saturated rings.